The fourth-order valence-electron chi connectivity index (χ4n) is 2.82. The van der Waals surface area contributed by atoms with Gasteiger partial charge in [0.2, 0.25) is 0 Å². The quantitative estimate of drug-likeness (QED) is 0.613. The van der Waals surface area contributed by atoms with Crippen molar-refractivity contribution in [1.29, 1.82) is 0 Å². The van der Waals surface area contributed by atoms with E-state index in [2.05, 4.69) is 71.2 Å². The molecule has 0 amide bonds. The number of aromatic nitrogens is 1. The number of benzene rings is 1. The molecule has 1 fully saturated rings. The summed E-state index contributed by atoms with van der Waals surface area (Å²) in [4.78, 5) is 4.93. The van der Waals surface area contributed by atoms with Crippen LogP contribution in [0.4, 0.5) is 0 Å². The lowest BCUT2D eigenvalue weighted by Crippen LogP contribution is -2.27. The van der Waals surface area contributed by atoms with Crippen molar-refractivity contribution >= 4 is 39.0 Å². The Hall–Kier alpha value is -0.320. The summed E-state index contributed by atoms with van der Waals surface area (Å²) in [5.74, 6) is 1.91. The predicted molar refractivity (Wildman–Crippen MR) is 98.4 cm³/mol. The van der Waals surface area contributed by atoms with Crippen LogP contribution in [0.15, 0.2) is 34.1 Å². The van der Waals surface area contributed by atoms with E-state index >= 15 is 0 Å². The number of rotatable bonds is 3. The molecule has 1 saturated heterocycles. The Morgan fingerprint density at radius 2 is 2.10 bits per heavy atom. The highest BCUT2D eigenvalue weighted by atomic mass is 79.9. The van der Waals surface area contributed by atoms with Crippen LogP contribution in [0, 0.1) is 0 Å². The van der Waals surface area contributed by atoms with Crippen molar-refractivity contribution in [3.63, 3.8) is 0 Å². The Kier molecular flexibility index (Phi) is 4.77. The first-order valence-electron chi connectivity index (χ1n) is 7.45. The van der Waals surface area contributed by atoms with Crippen molar-refractivity contribution < 1.29 is 0 Å². The van der Waals surface area contributed by atoms with Crippen molar-refractivity contribution in [2.45, 2.75) is 43.8 Å². The normalized spacial score (nSPS) is 26.0. The van der Waals surface area contributed by atoms with Crippen LogP contribution in [0.3, 0.4) is 0 Å². The number of hydrogen-bond acceptors (Lipinski definition) is 3. The number of thiazole rings is 1. The maximum atomic E-state index is 4.93. The molecular weight excluding hydrogens is 362 g/mol. The molecule has 1 aliphatic rings. The zero-order chi connectivity index (χ0) is 14.9. The van der Waals surface area contributed by atoms with E-state index < -0.39 is 0 Å². The van der Waals surface area contributed by atoms with Crippen molar-refractivity contribution in [2.75, 3.05) is 5.75 Å². The van der Waals surface area contributed by atoms with Gasteiger partial charge in [0, 0.05) is 26.1 Å². The van der Waals surface area contributed by atoms with E-state index in [-0.39, 0.29) is 0 Å². The number of halogens is 1. The van der Waals surface area contributed by atoms with Gasteiger partial charge in [0.15, 0.2) is 0 Å². The van der Waals surface area contributed by atoms with Crippen molar-refractivity contribution in [1.82, 2.24) is 4.98 Å². The van der Waals surface area contributed by atoms with Gasteiger partial charge in [0.05, 0.1) is 10.7 Å². The molecule has 1 aromatic carbocycles. The third-order valence-corrected chi connectivity index (χ3v) is 7.48. The molecule has 0 saturated carbocycles. The van der Waals surface area contributed by atoms with Crippen LogP contribution in [-0.4, -0.2) is 15.5 Å². The SMILES string of the molecule is CC[C@]1(C)C[C@@H](c2nc(-c3ccc(Br)cc3)cs2)CCS1. The van der Waals surface area contributed by atoms with E-state index in [9.17, 15) is 0 Å². The minimum Gasteiger partial charge on any atom is -0.241 e. The van der Waals surface area contributed by atoms with Gasteiger partial charge in [-0.3, -0.25) is 0 Å². The van der Waals surface area contributed by atoms with Crippen molar-refractivity contribution in [3.8, 4) is 11.3 Å². The molecule has 0 spiro atoms. The predicted octanol–water partition coefficient (Wildman–Crippen LogP) is 6.35. The highest BCUT2D eigenvalue weighted by Gasteiger charge is 2.33. The number of thioether (sulfide) groups is 1. The highest BCUT2D eigenvalue weighted by Crippen LogP contribution is 2.46. The third-order valence-electron chi connectivity index (χ3n) is 4.35. The van der Waals surface area contributed by atoms with E-state index in [1.54, 1.807) is 0 Å². The van der Waals surface area contributed by atoms with E-state index in [0.717, 1.165) is 10.2 Å². The lowest BCUT2D eigenvalue weighted by molar-refractivity contribution is 0.468. The average Bonchev–Trinajstić information content (AvgIpc) is 2.98. The van der Waals surface area contributed by atoms with Crippen molar-refractivity contribution in [3.05, 3.63) is 39.1 Å². The highest BCUT2D eigenvalue weighted by molar-refractivity contribution is 9.10. The molecule has 1 aromatic heterocycles. The van der Waals surface area contributed by atoms with Crippen molar-refractivity contribution in [2.24, 2.45) is 0 Å². The molecule has 0 radical (unpaired) electrons. The zero-order valence-corrected chi connectivity index (χ0v) is 15.7. The molecule has 21 heavy (non-hydrogen) atoms. The van der Waals surface area contributed by atoms with Gasteiger partial charge in [-0.2, -0.15) is 11.8 Å². The van der Waals surface area contributed by atoms with Gasteiger partial charge in [-0.15, -0.1) is 11.3 Å². The third kappa shape index (κ3) is 3.54. The maximum Gasteiger partial charge on any atom is 0.0964 e. The van der Waals surface area contributed by atoms with Gasteiger partial charge in [0.25, 0.3) is 0 Å². The summed E-state index contributed by atoms with van der Waals surface area (Å²) in [6.45, 7) is 4.72. The van der Waals surface area contributed by atoms with Gasteiger partial charge in [-0.05, 0) is 37.1 Å². The van der Waals surface area contributed by atoms with Crippen LogP contribution in [-0.2, 0) is 0 Å². The molecule has 0 bridgehead atoms. The Bertz CT molecular complexity index is 608. The van der Waals surface area contributed by atoms with Gasteiger partial charge in [-0.25, -0.2) is 4.98 Å². The van der Waals surface area contributed by atoms with Crippen LogP contribution < -0.4 is 0 Å². The molecule has 3 rings (SSSR count). The second-order valence-corrected chi connectivity index (χ2v) is 9.41. The molecule has 0 aliphatic carbocycles. The minimum absolute atomic E-state index is 0.437. The summed E-state index contributed by atoms with van der Waals surface area (Å²) >= 11 is 7.46. The first-order valence-corrected chi connectivity index (χ1v) is 10.1. The van der Waals surface area contributed by atoms with E-state index in [4.69, 9.17) is 4.98 Å². The molecule has 2 atom stereocenters. The summed E-state index contributed by atoms with van der Waals surface area (Å²) in [6.07, 6.45) is 3.79. The molecule has 112 valence electrons. The topological polar surface area (TPSA) is 12.9 Å². The van der Waals surface area contributed by atoms with Gasteiger partial charge < -0.3 is 0 Å². The van der Waals surface area contributed by atoms with Gasteiger partial charge in [0.1, 0.15) is 0 Å². The largest absolute Gasteiger partial charge is 0.241 e. The van der Waals surface area contributed by atoms with E-state index in [0.29, 0.717) is 10.7 Å². The molecule has 2 aromatic rings. The molecule has 1 nitrogen and oxygen atoms in total. The summed E-state index contributed by atoms with van der Waals surface area (Å²) in [6, 6.07) is 8.44. The molecule has 1 aliphatic heterocycles. The summed E-state index contributed by atoms with van der Waals surface area (Å²) < 4.78 is 1.55. The Labute approximate surface area is 143 Å². The van der Waals surface area contributed by atoms with Crippen LogP contribution >= 0.6 is 39.0 Å². The van der Waals surface area contributed by atoms with E-state index in [1.807, 2.05) is 11.3 Å². The second kappa shape index (κ2) is 6.43. The van der Waals surface area contributed by atoms with E-state index in [1.165, 1.54) is 35.6 Å². The second-order valence-electron chi connectivity index (χ2n) is 5.92. The first-order chi connectivity index (χ1) is 10.1. The Morgan fingerprint density at radius 1 is 1.33 bits per heavy atom. The maximum absolute atomic E-state index is 4.93. The monoisotopic (exact) mass is 381 g/mol. The Balaban J connectivity index is 1.80. The first kappa shape index (κ1) is 15.6. The summed E-state index contributed by atoms with van der Waals surface area (Å²) in [5.41, 5.74) is 2.34. The minimum atomic E-state index is 0.437. The fourth-order valence-corrected chi connectivity index (χ4v) is 5.46. The van der Waals surface area contributed by atoms with Crippen LogP contribution in [0.1, 0.15) is 44.0 Å². The standard InChI is InChI=1S/C17H20BrNS2/c1-3-17(2)10-13(8-9-21-17)16-19-15(11-20-16)12-4-6-14(18)7-5-12/h4-7,11,13H,3,8-10H2,1-2H3/t13-,17+/m0/s1. The molecular formula is C17H20BrNS2. The van der Waals surface area contributed by atoms with Crippen LogP contribution in [0.2, 0.25) is 0 Å². The molecule has 0 N–H and O–H groups in total. The molecule has 0 unspecified atom stereocenters. The molecule has 4 heteroatoms. The zero-order valence-electron chi connectivity index (χ0n) is 12.4. The average molecular weight is 382 g/mol. The van der Waals surface area contributed by atoms with Gasteiger partial charge >= 0.3 is 0 Å². The number of hydrogen-bond donors (Lipinski definition) is 0. The number of nitrogens with zero attached hydrogens (tertiary/aromatic N) is 1. The van der Waals surface area contributed by atoms with Crippen LogP contribution in [0.25, 0.3) is 11.3 Å². The lowest BCUT2D eigenvalue weighted by atomic mass is 9.91. The van der Waals surface area contributed by atoms with Gasteiger partial charge in [-0.1, -0.05) is 41.9 Å². The van der Waals surface area contributed by atoms with Crippen LogP contribution in [0.5, 0.6) is 0 Å². The Morgan fingerprint density at radius 3 is 2.81 bits per heavy atom. The molecule has 2 heterocycles. The lowest BCUT2D eigenvalue weighted by Gasteiger charge is -2.36. The fraction of sp³-hybridized carbons (Fsp3) is 0.471. The summed E-state index contributed by atoms with van der Waals surface area (Å²) in [5, 5.41) is 3.54. The summed E-state index contributed by atoms with van der Waals surface area (Å²) in [7, 11) is 0. The smallest absolute Gasteiger partial charge is 0.0964 e.